The van der Waals surface area contributed by atoms with E-state index in [9.17, 15) is 18.0 Å². The molecule has 8 heteroatoms. The predicted octanol–water partition coefficient (Wildman–Crippen LogP) is 2.27. The number of anilines is 3. The topological polar surface area (TPSA) is 104 Å². The third kappa shape index (κ3) is 5.10. The van der Waals surface area contributed by atoms with E-state index in [0.717, 1.165) is 6.26 Å². The summed E-state index contributed by atoms with van der Waals surface area (Å²) in [5.41, 5.74) is 1.53. The van der Waals surface area contributed by atoms with E-state index < -0.39 is 15.9 Å². The van der Waals surface area contributed by atoms with E-state index in [1.165, 1.54) is 19.1 Å². The van der Waals surface area contributed by atoms with Gasteiger partial charge in [-0.15, -0.1) is 0 Å². The molecule has 0 spiro atoms. The second kappa shape index (κ2) is 7.14. The maximum atomic E-state index is 12.4. The standard InChI is InChI=1S/C16H17N3O4S/c1-11(20)17-12-7-9-13(10-8-12)18-16(21)14-5-3-4-6-15(14)19-24(2,22)23/h3-10,19H,1-2H3,(H,17,20)(H,18,21). The number of amides is 2. The Balaban J connectivity index is 2.17. The van der Waals surface area contributed by atoms with E-state index in [1.54, 1.807) is 36.4 Å². The number of sulfonamides is 1. The zero-order chi connectivity index (χ0) is 17.7. The van der Waals surface area contributed by atoms with Gasteiger partial charge >= 0.3 is 0 Å². The van der Waals surface area contributed by atoms with Crippen molar-refractivity contribution in [3.05, 3.63) is 54.1 Å². The van der Waals surface area contributed by atoms with Gasteiger partial charge in [-0.3, -0.25) is 14.3 Å². The first-order chi connectivity index (χ1) is 11.2. The van der Waals surface area contributed by atoms with Crippen LogP contribution in [0.4, 0.5) is 17.1 Å². The van der Waals surface area contributed by atoms with Gasteiger partial charge in [-0.1, -0.05) is 12.1 Å². The summed E-state index contributed by atoms with van der Waals surface area (Å²) in [6, 6.07) is 12.9. The van der Waals surface area contributed by atoms with E-state index >= 15 is 0 Å². The molecular weight excluding hydrogens is 330 g/mol. The van der Waals surface area contributed by atoms with E-state index in [2.05, 4.69) is 15.4 Å². The minimum atomic E-state index is -3.49. The first-order valence-corrected chi connectivity index (χ1v) is 8.89. The molecule has 2 amide bonds. The summed E-state index contributed by atoms with van der Waals surface area (Å²) < 4.78 is 25.1. The van der Waals surface area contributed by atoms with Crippen LogP contribution in [0.25, 0.3) is 0 Å². The van der Waals surface area contributed by atoms with Gasteiger partial charge in [0.05, 0.1) is 17.5 Å². The van der Waals surface area contributed by atoms with Crippen molar-refractivity contribution in [2.75, 3.05) is 21.6 Å². The Morgan fingerprint density at radius 3 is 1.96 bits per heavy atom. The van der Waals surface area contributed by atoms with Crippen LogP contribution in [0.2, 0.25) is 0 Å². The Morgan fingerprint density at radius 2 is 1.42 bits per heavy atom. The zero-order valence-corrected chi connectivity index (χ0v) is 14.0. The van der Waals surface area contributed by atoms with Gasteiger partial charge in [0.15, 0.2) is 0 Å². The van der Waals surface area contributed by atoms with Crippen LogP contribution in [0.5, 0.6) is 0 Å². The van der Waals surface area contributed by atoms with Crippen molar-refractivity contribution in [2.24, 2.45) is 0 Å². The summed E-state index contributed by atoms with van der Waals surface area (Å²) in [4.78, 5) is 23.3. The average molecular weight is 347 g/mol. The third-order valence-electron chi connectivity index (χ3n) is 2.93. The average Bonchev–Trinajstić information content (AvgIpc) is 2.47. The Bertz CT molecular complexity index is 861. The molecule has 24 heavy (non-hydrogen) atoms. The van der Waals surface area contributed by atoms with Crippen LogP contribution in [0.15, 0.2) is 48.5 Å². The number of carbonyl (C=O) groups excluding carboxylic acids is 2. The molecule has 0 aliphatic rings. The molecule has 7 nitrogen and oxygen atoms in total. The van der Waals surface area contributed by atoms with Crippen molar-refractivity contribution < 1.29 is 18.0 Å². The smallest absolute Gasteiger partial charge is 0.257 e. The van der Waals surface area contributed by atoms with Gasteiger partial charge in [0.25, 0.3) is 5.91 Å². The van der Waals surface area contributed by atoms with Crippen molar-refractivity contribution in [1.82, 2.24) is 0 Å². The fourth-order valence-electron chi connectivity index (χ4n) is 2.01. The fourth-order valence-corrected chi connectivity index (χ4v) is 2.59. The number of para-hydroxylation sites is 1. The van der Waals surface area contributed by atoms with Crippen molar-refractivity contribution in [2.45, 2.75) is 6.92 Å². The van der Waals surface area contributed by atoms with Gasteiger partial charge in [-0.2, -0.15) is 0 Å². The van der Waals surface area contributed by atoms with Crippen molar-refractivity contribution >= 4 is 38.9 Å². The molecule has 0 bridgehead atoms. The highest BCUT2D eigenvalue weighted by Gasteiger charge is 2.13. The molecule has 0 atom stereocenters. The Morgan fingerprint density at radius 1 is 0.875 bits per heavy atom. The highest BCUT2D eigenvalue weighted by Crippen LogP contribution is 2.19. The molecule has 2 aromatic carbocycles. The van der Waals surface area contributed by atoms with Crippen molar-refractivity contribution in [3.8, 4) is 0 Å². The quantitative estimate of drug-likeness (QED) is 0.771. The summed E-state index contributed by atoms with van der Waals surface area (Å²) in [6.07, 6.45) is 1.02. The summed E-state index contributed by atoms with van der Waals surface area (Å²) >= 11 is 0. The van der Waals surface area contributed by atoms with Crippen LogP contribution in [-0.2, 0) is 14.8 Å². The lowest BCUT2D eigenvalue weighted by atomic mass is 10.1. The van der Waals surface area contributed by atoms with E-state index in [4.69, 9.17) is 0 Å². The van der Waals surface area contributed by atoms with Crippen LogP contribution in [-0.4, -0.2) is 26.5 Å². The van der Waals surface area contributed by atoms with Crippen molar-refractivity contribution in [3.63, 3.8) is 0 Å². The normalized spacial score (nSPS) is 10.8. The number of hydrogen-bond donors (Lipinski definition) is 3. The molecule has 0 aliphatic carbocycles. The molecule has 0 saturated heterocycles. The molecule has 0 radical (unpaired) electrons. The van der Waals surface area contributed by atoms with Gasteiger partial charge in [-0.25, -0.2) is 8.42 Å². The second-order valence-corrected chi connectivity index (χ2v) is 6.88. The van der Waals surface area contributed by atoms with E-state index in [0.29, 0.717) is 11.4 Å². The molecule has 3 N–H and O–H groups in total. The predicted molar refractivity (Wildman–Crippen MR) is 93.6 cm³/mol. The molecule has 0 aromatic heterocycles. The van der Waals surface area contributed by atoms with Gasteiger partial charge in [0.2, 0.25) is 15.9 Å². The van der Waals surface area contributed by atoms with Crippen LogP contribution in [0.3, 0.4) is 0 Å². The first kappa shape index (κ1) is 17.5. The summed E-state index contributed by atoms with van der Waals surface area (Å²) in [6.45, 7) is 1.40. The lowest BCUT2D eigenvalue weighted by molar-refractivity contribution is -0.114. The summed E-state index contributed by atoms with van der Waals surface area (Å²) in [7, 11) is -3.49. The van der Waals surface area contributed by atoms with Crippen LogP contribution < -0.4 is 15.4 Å². The number of nitrogens with one attached hydrogen (secondary N) is 3. The minimum Gasteiger partial charge on any atom is -0.326 e. The SMILES string of the molecule is CC(=O)Nc1ccc(NC(=O)c2ccccc2NS(C)(=O)=O)cc1. The molecular formula is C16H17N3O4S. The molecule has 0 unspecified atom stereocenters. The maximum Gasteiger partial charge on any atom is 0.257 e. The van der Waals surface area contributed by atoms with Crippen LogP contribution in [0, 0.1) is 0 Å². The van der Waals surface area contributed by atoms with Gasteiger partial charge in [0.1, 0.15) is 0 Å². The summed E-state index contributed by atoms with van der Waals surface area (Å²) in [5.74, 6) is -0.637. The van der Waals surface area contributed by atoms with Gasteiger partial charge in [0, 0.05) is 18.3 Å². The fraction of sp³-hybridized carbons (Fsp3) is 0.125. The number of hydrogen-bond acceptors (Lipinski definition) is 4. The molecule has 0 fully saturated rings. The highest BCUT2D eigenvalue weighted by atomic mass is 32.2. The lowest BCUT2D eigenvalue weighted by Crippen LogP contribution is -2.17. The molecule has 2 aromatic rings. The van der Waals surface area contributed by atoms with Crippen molar-refractivity contribution in [1.29, 1.82) is 0 Å². The monoisotopic (exact) mass is 347 g/mol. The molecule has 0 aliphatic heterocycles. The van der Waals surface area contributed by atoms with E-state index in [-0.39, 0.29) is 17.2 Å². The summed E-state index contributed by atoms with van der Waals surface area (Å²) in [5, 5.41) is 5.30. The lowest BCUT2D eigenvalue weighted by Gasteiger charge is -2.11. The Kier molecular flexibility index (Phi) is 5.20. The third-order valence-corrected chi connectivity index (χ3v) is 3.52. The van der Waals surface area contributed by atoms with Gasteiger partial charge < -0.3 is 10.6 Å². The molecule has 0 saturated carbocycles. The van der Waals surface area contributed by atoms with Crippen LogP contribution >= 0.6 is 0 Å². The number of benzene rings is 2. The van der Waals surface area contributed by atoms with Crippen LogP contribution in [0.1, 0.15) is 17.3 Å². The Labute approximate surface area is 140 Å². The largest absolute Gasteiger partial charge is 0.326 e. The molecule has 0 heterocycles. The molecule has 126 valence electrons. The zero-order valence-electron chi connectivity index (χ0n) is 13.2. The number of carbonyl (C=O) groups is 2. The highest BCUT2D eigenvalue weighted by molar-refractivity contribution is 7.92. The Hall–Kier alpha value is -2.87. The number of rotatable bonds is 5. The van der Waals surface area contributed by atoms with Gasteiger partial charge in [-0.05, 0) is 36.4 Å². The molecule has 2 rings (SSSR count). The first-order valence-electron chi connectivity index (χ1n) is 7.00. The van der Waals surface area contributed by atoms with E-state index in [1.807, 2.05) is 0 Å². The second-order valence-electron chi connectivity index (χ2n) is 5.13. The maximum absolute atomic E-state index is 12.4. The minimum absolute atomic E-state index is 0.187.